The fourth-order valence-corrected chi connectivity index (χ4v) is 2.81. The number of piperazine rings is 1. The minimum atomic E-state index is -0.537. The molecule has 90 valence electrons. The number of hydrogen-bond acceptors (Lipinski definition) is 4. The van der Waals surface area contributed by atoms with E-state index in [1.807, 2.05) is 0 Å². The minimum absolute atomic E-state index is 0.0697. The number of nitrogens with one attached hydrogen (secondary N) is 1. The number of nitriles is 1. The molecule has 2 fully saturated rings. The van der Waals surface area contributed by atoms with Crippen molar-refractivity contribution in [3.05, 3.63) is 0 Å². The first-order chi connectivity index (χ1) is 7.73. The zero-order valence-electron chi connectivity index (χ0n) is 9.78. The Morgan fingerprint density at radius 3 is 2.81 bits per heavy atom. The fourth-order valence-electron chi connectivity index (χ4n) is 2.81. The molecule has 0 aromatic rings. The Kier molecular flexibility index (Phi) is 3.80. The first-order valence-corrected chi connectivity index (χ1v) is 6.30. The highest BCUT2D eigenvalue weighted by Crippen LogP contribution is 2.29. The van der Waals surface area contributed by atoms with Crippen molar-refractivity contribution in [1.29, 1.82) is 5.26 Å². The standard InChI is InChI=1S/C12H21N3O/c13-8-11-9-14-6-7-15(11)10-12(16)4-2-1-3-5-12/h11,14,16H,1-7,9-10H2. The molecule has 16 heavy (non-hydrogen) atoms. The second kappa shape index (κ2) is 5.13. The van der Waals surface area contributed by atoms with Gasteiger partial charge in [-0.25, -0.2) is 0 Å². The van der Waals surface area contributed by atoms with Crippen molar-refractivity contribution in [3.63, 3.8) is 0 Å². The van der Waals surface area contributed by atoms with E-state index in [0.29, 0.717) is 6.54 Å². The topological polar surface area (TPSA) is 59.3 Å². The highest BCUT2D eigenvalue weighted by Gasteiger charge is 2.34. The van der Waals surface area contributed by atoms with Crippen molar-refractivity contribution in [2.75, 3.05) is 26.2 Å². The van der Waals surface area contributed by atoms with Crippen molar-refractivity contribution < 1.29 is 5.11 Å². The van der Waals surface area contributed by atoms with Crippen molar-refractivity contribution in [1.82, 2.24) is 10.2 Å². The van der Waals surface area contributed by atoms with Crippen molar-refractivity contribution >= 4 is 0 Å². The summed E-state index contributed by atoms with van der Waals surface area (Å²) in [5, 5.41) is 22.7. The molecule has 0 bridgehead atoms. The third-order valence-corrected chi connectivity index (χ3v) is 3.78. The number of rotatable bonds is 2. The summed E-state index contributed by atoms with van der Waals surface area (Å²) in [4.78, 5) is 2.14. The lowest BCUT2D eigenvalue weighted by Crippen LogP contribution is -2.56. The molecule has 1 unspecified atom stereocenters. The highest BCUT2D eigenvalue weighted by molar-refractivity contribution is 4.99. The van der Waals surface area contributed by atoms with Crippen LogP contribution in [0.25, 0.3) is 0 Å². The van der Waals surface area contributed by atoms with Gasteiger partial charge in [-0.15, -0.1) is 0 Å². The zero-order valence-corrected chi connectivity index (χ0v) is 9.78. The Labute approximate surface area is 97.2 Å². The maximum atomic E-state index is 10.5. The van der Waals surface area contributed by atoms with Gasteiger partial charge in [0.2, 0.25) is 0 Å². The SMILES string of the molecule is N#CC1CNCCN1CC1(O)CCCCC1. The van der Waals surface area contributed by atoms with Crippen LogP contribution in [0, 0.1) is 11.3 Å². The van der Waals surface area contributed by atoms with E-state index in [1.54, 1.807) is 0 Å². The van der Waals surface area contributed by atoms with Crippen LogP contribution in [0.2, 0.25) is 0 Å². The van der Waals surface area contributed by atoms with Crippen LogP contribution in [0.4, 0.5) is 0 Å². The van der Waals surface area contributed by atoms with Gasteiger partial charge in [0.05, 0.1) is 11.7 Å². The molecule has 4 nitrogen and oxygen atoms in total. The lowest BCUT2D eigenvalue weighted by Gasteiger charge is -2.40. The van der Waals surface area contributed by atoms with Crippen molar-refractivity contribution in [2.45, 2.75) is 43.7 Å². The summed E-state index contributed by atoms with van der Waals surface area (Å²) >= 11 is 0. The summed E-state index contributed by atoms with van der Waals surface area (Å²) in [7, 11) is 0. The van der Waals surface area contributed by atoms with Crippen LogP contribution in [-0.4, -0.2) is 47.8 Å². The van der Waals surface area contributed by atoms with Crippen LogP contribution < -0.4 is 5.32 Å². The number of hydrogen-bond donors (Lipinski definition) is 2. The van der Waals surface area contributed by atoms with E-state index in [9.17, 15) is 5.11 Å². The molecule has 1 atom stereocenters. The molecule has 0 amide bonds. The molecule has 1 heterocycles. The molecule has 1 saturated heterocycles. The van der Waals surface area contributed by atoms with Gasteiger partial charge in [0, 0.05) is 26.2 Å². The first kappa shape index (κ1) is 11.8. The minimum Gasteiger partial charge on any atom is -0.389 e. The van der Waals surface area contributed by atoms with E-state index < -0.39 is 5.60 Å². The van der Waals surface area contributed by atoms with Gasteiger partial charge in [0.15, 0.2) is 0 Å². The molecule has 1 aliphatic heterocycles. The van der Waals surface area contributed by atoms with Gasteiger partial charge in [0.1, 0.15) is 6.04 Å². The van der Waals surface area contributed by atoms with E-state index in [2.05, 4.69) is 16.3 Å². The monoisotopic (exact) mass is 223 g/mol. The predicted molar refractivity (Wildman–Crippen MR) is 61.9 cm³/mol. The summed E-state index contributed by atoms with van der Waals surface area (Å²) in [5.74, 6) is 0. The van der Waals surface area contributed by atoms with Gasteiger partial charge in [-0.05, 0) is 12.8 Å². The van der Waals surface area contributed by atoms with Crippen LogP contribution >= 0.6 is 0 Å². The second-order valence-corrected chi connectivity index (χ2v) is 5.10. The second-order valence-electron chi connectivity index (χ2n) is 5.10. The molecular formula is C12H21N3O. The molecule has 0 radical (unpaired) electrons. The molecule has 1 aliphatic carbocycles. The summed E-state index contributed by atoms with van der Waals surface area (Å²) in [5.41, 5.74) is -0.537. The summed E-state index contributed by atoms with van der Waals surface area (Å²) in [6.07, 6.45) is 5.29. The molecule has 0 aromatic carbocycles. The summed E-state index contributed by atoms with van der Waals surface area (Å²) in [6.45, 7) is 3.20. The first-order valence-electron chi connectivity index (χ1n) is 6.30. The normalized spacial score (nSPS) is 30.9. The summed E-state index contributed by atoms with van der Waals surface area (Å²) in [6, 6.07) is 2.24. The third-order valence-electron chi connectivity index (χ3n) is 3.78. The van der Waals surface area contributed by atoms with Gasteiger partial charge in [-0.3, -0.25) is 4.90 Å². The molecule has 2 rings (SSSR count). The average molecular weight is 223 g/mol. The number of nitrogens with zero attached hydrogens (tertiary/aromatic N) is 2. The maximum absolute atomic E-state index is 10.5. The van der Waals surface area contributed by atoms with Gasteiger partial charge >= 0.3 is 0 Å². The Hall–Kier alpha value is -0.630. The Balaban J connectivity index is 1.93. The Morgan fingerprint density at radius 2 is 2.12 bits per heavy atom. The zero-order chi connectivity index (χ0) is 11.4. The van der Waals surface area contributed by atoms with E-state index in [4.69, 9.17) is 5.26 Å². The highest BCUT2D eigenvalue weighted by atomic mass is 16.3. The van der Waals surface area contributed by atoms with E-state index in [0.717, 1.165) is 45.3 Å². The maximum Gasteiger partial charge on any atom is 0.110 e. The van der Waals surface area contributed by atoms with Crippen LogP contribution in [0.1, 0.15) is 32.1 Å². The Bertz CT molecular complexity index is 268. The lowest BCUT2D eigenvalue weighted by atomic mass is 9.84. The van der Waals surface area contributed by atoms with E-state index >= 15 is 0 Å². The molecule has 4 heteroatoms. The molecule has 2 aliphatic rings. The van der Waals surface area contributed by atoms with Gasteiger partial charge in [-0.2, -0.15) is 5.26 Å². The third kappa shape index (κ3) is 2.73. The molecule has 2 N–H and O–H groups in total. The van der Waals surface area contributed by atoms with Crippen LogP contribution in [0.15, 0.2) is 0 Å². The molecule has 0 aromatic heterocycles. The van der Waals surface area contributed by atoms with Crippen LogP contribution in [0.3, 0.4) is 0 Å². The fraction of sp³-hybridized carbons (Fsp3) is 0.917. The van der Waals surface area contributed by atoms with E-state index in [1.165, 1.54) is 6.42 Å². The quantitative estimate of drug-likeness (QED) is 0.715. The summed E-state index contributed by atoms with van der Waals surface area (Å²) < 4.78 is 0. The van der Waals surface area contributed by atoms with Crippen molar-refractivity contribution in [2.24, 2.45) is 0 Å². The molecule has 1 saturated carbocycles. The predicted octanol–water partition coefficient (Wildman–Crippen LogP) is 0.479. The number of aliphatic hydroxyl groups is 1. The van der Waals surface area contributed by atoms with Crippen LogP contribution in [-0.2, 0) is 0 Å². The van der Waals surface area contributed by atoms with Gasteiger partial charge < -0.3 is 10.4 Å². The largest absolute Gasteiger partial charge is 0.389 e. The Morgan fingerprint density at radius 1 is 1.38 bits per heavy atom. The van der Waals surface area contributed by atoms with Gasteiger partial charge in [-0.1, -0.05) is 19.3 Å². The van der Waals surface area contributed by atoms with E-state index in [-0.39, 0.29) is 6.04 Å². The lowest BCUT2D eigenvalue weighted by molar-refractivity contribution is -0.0342. The number of β-amino-alcohol motifs (C(OH)–C–C–N with tert-alkyl or cyclic N) is 1. The van der Waals surface area contributed by atoms with Crippen LogP contribution in [0.5, 0.6) is 0 Å². The molecular weight excluding hydrogens is 202 g/mol. The average Bonchev–Trinajstić information content (AvgIpc) is 2.30. The van der Waals surface area contributed by atoms with Gasteiger partial charge in [0.25, 0.3) is 0 Å². The van der Waals surface area contributed by atoms with Crippen molar-refractivity contribution in [3.8, 4) is 6.07 Å². The smallest absolute Gasteiger partial charge is 0.110 e. The molecule has 0 spiro atoms.